The molecular formula is C20H16Cl2N4O. The van der Waals surface area contributed by atoms with E-state index >= 15 is 0 Å². The summed E-state index contributed by atoms with van der Waals surface area (Å²) in [7, 11) is 0. The zero-order valence-corrected chi connectivity index (χ0v) is 16.1. The molecule has 3 aromatic rings. The number of amides is 1. The molecule has 0 spiro atoms. The Morgan fingerprint density at radius 2 is 1.89 bits per heavy atom. The molecule has 136 valence electrons. The summed E-state index contributed by atoms with van der Waals surface area (Å²) in [6.45, 7) is 2.11. The highest BCUT2D eigenvalue weighted by atomic mass is 35.5. The van der Waals surface area contributed by atoms with Crippen LogP contribution in [0.2, 0.25) is 10.2 Å². The van der Waals surface area contributed by atoms with Crippen molar-refractivity contribution in [3.63, 3.8) is 0 Å². The first-order valence-corrected chi connectivity index (χ1v) is 8.98. The normalized spacial score (nSPS) is 10.4. The van der Waals surface area contributed by atoms with Crippen LogP contribution in [0.1, 0.15) is 27.2 Å². The van der Waals surface area contributed by atoms with Gasteiger partial charge in [0.15, 0.2) is 0 Å². The maximum Gasteiger partial charge on any atom is 0.260 e. The number of anilines is 1. The fraction of sp³-hybridized carbons (Fsp3) is 0.150. The summed E-state index contributed by atoms with van der Waals surface area (Å²) in [5.41, 5.74) is 3.23. The molecule has 7 heteroatoms. The minimum atomic E-state index is -0.337. The Labute approximate surface area is 167 Å². The van der Waals surface area contributed by atoms with Crippen LogP contribution in [0.3, 0.4) is 0 Å². The smallest absolute Gasteiger partial charge is 0.260 e. The average molecular weight is 399 g/mol. The predicted molar refractivity (Wildman–Crippen MR) is 106 cm³/mol. The molecule has 0 saturated carbocycles. The highest BCUT2D eigenvalue weighted by Gasteiger charge is 2.21. The molecule has 1 N–H and O–H groups in total. The van der Waals surface area contributed by atoms with E-state index in [-0.39, 0.29) is 11.1 Å². The second-order valence-corrected chi connectivity index (χ2v) is 6.75. The van der Waals surface area contributed by atoms with Gasteiger partial charge in [-0.15, -0.1) is 0 Å². The SMILES string of the molecule is Cc1nn(Cc2ccccc2Cl)c(Cl)c1C(=O)Nc1ccc(CC#N)cc1. The standard InChI is InChI=1S/C20H16Cl2N4O/c1-13-18(20(27)24-16-8-6-14(7-9-16)10-11-23)19(22)26(25-13)12-15-4-2-3-5-17(15)21/h2-9H,10,12H2,1H3,(H,24,27). The van der Waals surface area contributed by atoms with Crippen molar-refractivity contribution < 1.29 is 4.79 Å². The number of carbonyl (C=O) groups is 1. The van der Waals surface area contributed by atoms with Crippen LogP contribution in [0.4, 0.5) is 5.69 Å². The van der Waals surface area contributed by atoms with Crippen molar-refractivity contribution in [2.24, 2.45) is 0 Å². The van der Waals surface area contributed by atoms with E-state index in [9.17, 15) is 4.79 Å². The minimum Gasteiger partial charge on any atom is -0.322 e. The van der Waals surface area contributed by atoms with Crippen LogP contribution in [0.5, 0.6) is 0 Å². The maximum absolute atomic E-state index is 12.7. The number of halogens is 2. The molecule has 1 aromatic heterocycles. The average Bonchev–Trinajstić information content (AvgIpc) is 2.92. The number of benzene rings is 2. The van der Waals surface area contributed by atoms with Crippen molar-refractivity contribution >= 4 is 34.8 Å². The number of nitrogens with one attached hydrogen (secondary N) is 1. The van der Waals surface area contributed by atoms with Crippen molar-refractivity contribution in [1.29, 1.82) is 5.26 Å². The number of hydrogen-bond donors (Lipinski definition) is 1. The highest BCUT2D eigenvalue weighted by Crippen LogP contribution is 2.24. The van der Waals surface area contributed by atoms with Crippen LogP contribution in [0.25, 0.3) is 0 Å². The second-order valence-electron chi connectivity index (χ2n) is 5.99. The topological polar surface area (TPSA) is 70.7 Å². The second kappa shape index (κ2) is 8.26. The van der Waals surface area contributed by atoms with Crippen LogP contribution in [0.15, 0.2) is 48.5 Å². The monoisotopic (exact) mass is 398 g/mol. The minimum absolute atomic E-state index is 0.256. The van der Waals surface area contributed by atoms with Gasteiger partial charge < -0.3 is 5.32 Å². The first-order valence-electron chi connectivity index (χ1n) is 8.23. The Bertz CT molecular complexity index is 1020. The van der Waals surface area contributed by atoms with Gasteiger partial charge in [-0.25, -0.2) is 4.68 Å². The van der Waals surface area contributed by atoms with E-state index in [4.69, 9.17) is 28.5 Å². The Kier molecular flexibility index (Phi) is 5.80. The molecule has 0 saturated heterocycles. The van der Waals surface area contributed by atoms with Crippen molar-refractivity contribution in [2.75, 3.05) is 5.32 Å². The van der Waals surface area contributed by atoms with E-state index in [0.717, 1.165) is 11.1 Å². The van der Waals surface area contributed by atoms with Gasteiger partial charge in [0.05, 0.1) is 30.3 Å². The maximum atomic E-state index is 12.7. The van der Waals surface area contributed by atoms with Crippen LogP contribution < -0.4 is 5.32 Å². The molecule has 0 fully saturated rings. The fourth-order valence-corrected chi connectivity index (χ4v) is 3.21. The van der Waals surface area contributed by atoms with Crippen LogP contribution in [0, 0.1) is 18.3 Å². The molecule has 0 atom stereocenters. The summed E-state index contributed by atoms with van der Waals surface area (Å²) in [6.07, 6.45) is 0.327. The van der Waals surface area contributed by atoms with Gasteiger partial charge in [-0.3, -0.25) is 4.79 Å². The number of aryl methyl sites for hydroxylation is 1. The molecule has 0 aliphatic rings. The van der Waals surface area contributed by atoms with Crippen molar-refractivity contribution in [2.45, 2.75) is 19.9 Å². The third-order valence-electron chi connectivity index (χ3n) is 4.07. The number of nitriles is 1. The van der Waals surface area contributed by atoms with E-state index in [1.807, 2.05) is 18.2 Å². The molecule has 27 heavy (non-hydrogen) atoms. The Hall–Kier alpha value is -2.81. The first kappa shape index (κ1) is 19.0. The Morgan fingerprint density at radius 1 is 1.19 bits per heavy atom. The molecule has 1 amide bonds. The summed E-state index contributed by atoms with van der Waals surface area (Å²) >= 11 is 12.6. The lowest BCUT2D eigenvalue weighted by molar-refractivity contribution is 0.102. The summed E-state index contributed by atoms with van der Waals surface area (Å²) in [5.74, 6) is -0.337. The molecule has 0 radical (unpaired) electrons. The summed E-state index contributed by atoms with van der Waals surface area (Å²) in [6, 6.07) is 16.6. The number of aromatic nitrogens is 2. The van der Waals surface area contributed by atoms with E-state index in [1.165, 1.54) is 0 Å². The van der Waals surface area contributed by atoms with Gasteiger partial charge in [-0.05, 0) is 36.2 Å². The van der Waals surface area contributed by atoms with Crippen LogP contribution in [-0.4, -0.2) is 15.7 Å². The van der Waals surface area contributed by atoms with Gasteiger partial charge in [-0.1, -0.05) is 53.5 Å². The number of carbonyl (C=O) groups excluding carboxylic acids is 1. The largest absolute Gasteiger partial charge is 0.322 e. The lowest BCUT2D eigenvalue weighted by Crippen LogP contribution is -2.13. The third-order valence-corrected chi connectivity index (χ3v) is 4.82. The molecule has 0 unspecified atom stereocenters. The predicted octanol–water partition coefficient (Wildman–Crippen LogP) is 4.87. The third kappa shape index (κ3) is 4.30. The van der Waals surface area contributed by atoms with Gasteiger partial charge in [-0.2, -0.15) is 10.4 Å². The quantitative estimate of drug-likeness (QED) is 0.666. The molecular weight excluding hydrogens is 383 g/mol. The lowest BCUT2D eigenvalue weighted by Gasteiger charge is -2.07. The van der Waals surface area contributed by atoms with Crippen LogP contribution >= 0.6 is 23.2 Å². The van der Waals surface area contributed by atoms with E-state index < -0.39 is 0 Å². The van der Waals surface area contributed by atoms with Crippen molar-refractivity contribution in [3.05, 3.63) is 81.1 Å². The molecule has 5 nitrogen and oxygen atoms in total. The number of hydrogen-bond acceptors (Lipinski definition) is 3. The van der Waals surface area contributed by atoms with E-state index in [1.54, 1.807) is 41.9 Å². The van der Waals surface area contributed by atoms with E-state index in [0.29, 0.717) is 34.9 Å². The molecule has 2 aromatic carbocycles. The molecule has 0 aliphatic carbocycles. The Balaban J connectivity index is 1.80. The number of rotatable bonds is 5. The molecule has 0 aliphatic heterocycles. The van der Waals surface area contributed by atoms with Gasteiger partial charge in [0.2, 0.25) is 0 Å². The zero-order valence-electron chi connectivity index (χ0n) is 14.5. The van der Waals surface area contributed by atoms with E-state index in [2.05, 4.69) is 16.5 Å². The van der Waals surface area contributed by atoms with Crippen molar-refractivity contribution in [1.82, 2.24) is 9.78 Å². The Morgan fingerprint density at radius 3 is 2.56 bits per heavy atom. The number of nitrogens with zero attached hydrogens (tertiary/aromatic N) is 3. The zero-order chi connectivity index (χ0) is 19.4. The highest BCUT2D eigenvalue weighted by molar-refractivity contribution is 6.34. The molecule has 0 bridgehead atoms. The summed E-state index contributed by atoms with van der Waals surface area (Å²) in [4.78, 5) is 12.7. The summed E-state index contributed by atoms with van der Waals surface area (Å²) < 4.78 is 1.56. The molecule has 1 heterocycles. The fourth-order valence-electron chi connectivity index (χ4n) is 2.69. The van der Waals surface area contributed by atoms with Gasteiger partial charge >= 0.3 is 0 Å². The van der Waals surface area contributed by atoms with Crippen molar-refractivity contribution in [3.8, 4) is 6.07 Å². The van der Waals surface area contributed by atoms with Gasteiger partial charge in [0.1, 0.15) is 5.15 Å². The molecule has 3 rings (SSSR count). The van der Waals surface area contributed by atoms with Gasteiger partial charge in [0, 0.05) is 10.7 Å². The van der Waals surface area contributed by atoms with Gasteiger partial charge in [0.25, 0.3) is 5.91 Å². The van der Waals surface area contributed by atoms with Crippen LogP contribution in [-0.2, 0) is 13.0 Å². The summed E-state index contributed by atoms with van der Waals surface area (Å²) in [5, 5.41) is 16.8. The lowest BCUT2D eigenvalue weighted by atomic mass is 10.1. The first-order chi connectivity index (χ1) is 13.0.